The summed E-state index contributed by atoms with van der Waals surface area (Å²) >= 11 is 19.3. The van der Waals surface area contributed by atoms with E-state index >= 15 is 4.79 Å². The van der Waals surface area contributed by atoms with Crippen LogP contribution in [-0.4, -0.2) is 107 Å². The van der Waals surface area contributed by atoms with Gasteiger partial charge in [-0.2, -0.15) is 0 Å². The number of likely N-dealkylation sites (tertiary alicyclic amines) is 1. The number of rotatable bonds is 14. The molecule has 2 aliphatic heterocycles. The van der Waals surface area contributed by atoms with Crippen LogP contribution in [0.4, 0.5) is 4.79 Å². The number of amides is 3. The van der Waals surface area contributed by atoms with Gasteiger partial charge in [-0.1, -0.05) is 59.1 Å². The van der Waals surface area contributed by atoms with E-state index in [2.05, 4.69) is 0 Å². The zero-order chi connectivity index (χ0) is 40.1. The number of hydrogen-bond acceptors (Lipinski definition) is 8. The van der Waals surface area contributed by atoms with E-state index in [9.17, 15) is 13.2 Å². The van der Waals surface area contributed by atoms with Gasteiger partial charge in [0.25, 0.3) is 0 Å². The van der Waals surface area contributed by atoms with Gasteiger partial charge in [0.1, 0.15) is 22.7 Å². The van der Waals surface area contributed by atoms with Crippen LogP contribution >= 0.6 is 34.8 Å². The number of benzene rings is 3. The summed E-state index contributed by atoms with van der Waals surface area (Å²) < 4.78 is 42.6. The van der Waals surface area contributed by atoms with E-state index in [0.717, 1.165) is 17.4 Å². The Balaban J connectivity index is 1.61. The molecular weight excluding hydrogens is 787 g/mol. The molecule has 298 valence electrons. The minimum atomic E-state index is -3.81. The standard InChI is InChI=1S/C40H49Cl3N4O7S/c1-7-54-34-26-33(43)35(55(6,50)51)25-32(34)37-44-39(2,28-8-12-30(41)13-9-28)40(3,29-10-14-31(42)15-11-29)47(37)38(49)46-18-16-27(17-19-46)24-36(48)45(20-22-52-4)21-23-53-5/h8-15,25-27H,7,16-24H2,1-6H3. The number of carbonyl (C=O) groups is 2. The van der Waals surface area contributed by atoms with E-state index in [1.807, 2.05) is 38.1 Å². The fourth-order valence-electron chi connectivity index (χ4n) is 7.45. The molecule has 15 heteroatoms. The first kappa shape index (κ1) is 42.7. The lowest BCUT2D eigenvalue weighted by Gasteiger charge is -2.47. The molecule has 0 radical (unpaired) electrons. The first-order chi connectivity index (χ1) is 26.1. The number of carbonyl (C=O) groups excluding carboxylic acids is 2. The van der Waals surface area contributed by atoms with Gasteiger partial charge in [0.15, 0.2) is 9.84 Å². The Labute approximate surface area is 339 Å². The smallest absolute Gasteiger partial charge is 0.326 e. The molecule has 2 aliphatic rings. The summed E-state index contributed by atoms with van der Waals surface area (Å²) in [6, 6.07) is 17.2. The average molecular weight is 836 g/mol. The number of nitrogens with zero attached hydrogens (tertiary/aromatic N) is 4. The minimum absolute atomic E-state index is 0.00766. The van der Waals surface area contributed by atoms with Gasteiger partial charge < -0.3 is 24.0 Å². The highest BCUT2D eigenvalue weighted by Gasteiger charge is 2.60. The Hall–Kier alpha value is -3.39. The predicted molar refractivity (Wildman–Crippen MR) is 216 cm³/mol. The van der Waals surface area contributed by atoms with Crippen LogP contribution in [0.2, 0.25) is 15.1 Å². The Bertz CT molecular complexity index is 1980. The van der Waals surface area contributed by atoms with Crippen molar-refractivity contribution in [3.8, 4) is 5.75 Å². The van der Waals surface area contributed by atoms with Crippen molar-refractivity contribution in [1.82, 2.24) is 14.7 Å². The third-order valence-corrected chi connectivity index (χ3v) is 12.8. The fourth-order valence-corrected chi connectivity index (χ4v) is 9.02. The summed E-state index contributed by atoms with van der Waals surface area (Å²) in [5.41, 5.74) is -0.554. The summed E-state index contributed by atoms with van der Waals surface area (Å²) in [5.74, 6) is 0.582. The summed E-state index contributed by atoms with van der Waals surface area (Å²) in [4.78, 5) is 39.2. The van der Waals surface area contributed by atoms with E-state index in [1.54, 1.807) is 60.1 Å². The van der Waals surface area contributed by atoms with Crippen LogP contribution in [-0.2, 0) is 35.2 Å². The number of amidine groups is 1. The molecule has 0 spiro atoms. The molecule has 11 nitrogen and oxygen atoms in total. The van der Waals surface area contributed by atoms with Crippen molar-refractivity contribution in [2.45, 2.75) is 56.0 Å². The lowest BCUT2D eigenvalue weighted by molar-refractivity contribution is -0.133. The Morgan fingerprint density at radius 3 is 1.95 bits per heavy atom. The van der Waals surface area contributed by atoms with Crippen molar-refractivity contribution in [2.75, 3.05) is 66.5 Å². The molecule has 2 atom stereocenters. The number of halogens is 3. The predicted octanol–water partition coefficient (Wildman–Crippen LogP) is 7.69. The molecule has 0 aromatic heterocycles. The maximum Gasteiger partial charge on any atom is 0.326 e. The number of hydrogen-bond donors (Lipinski definition) is 0. The van der Waals surface area contributed by atoms with Crippen molar-refractivity contribution in [3.63, 3.8) is 0 Å². The lowest BCUT2D eigenvalue weighted by atomic mass is 9.71. The zero-order valence-corrected chi connectivity index (χ0v) is 35.2. The number of piperidine rings is 1. The minimum Gasteiger partial charge on any atom is -0.493 e. The van der Waals surface area contributed by atoms with E-state index < -0.39 is 20.9 Å². The number of urea groups is 1. The topological polar surface area (TPSA) is 118 Å². The fraction of sp³-hybridized carbons (Fsp3) is 0.475. The van der Waals surface area contributed by atoms with Gasteiger partial charge in [0.05, 0.1) is 35.3 Å². The maximum atomic E-state index is 15.3. The highest BCUT2D eigenvalue weighted by Crippen LogP contribution is 2.54. The van der Waals surface area contributed by atoms with Gasteiger partial charge in [0, 0.05) is 69.2 Å². The molecule has 2 unspecified atom stereocenters. The van der Waals surface area contributed by atoms with E-state index in [4.69, 9.17) is 54.0 Å². The zero-order valence-electron chi connectivity index (χ0n) is 32.1. The summed E-state index contributed by atoms with van der Waals surface area (Å²) in [7, 11) is -0.601. The molecule has 3 aromatic carbocycles. The second-order valence-electron chi connectivity index (χ2n) is 14.2. The molecule has 5 rings (SSSR count). The monoisotopic (exact) mass is 834 g/mol. The highest BCUT2D eigenvalue weighted by molar-refractivity contribution is 7.90. The summed E-state index contributed by atoms with van der Waals surface area (Å²) in [5, 5.41) is 1.05. The van der Waals surface area contributed by atoms with E-state index in [-0.39, 0.29) is 46.0 Å². The molecule has 0 N–H and O–H groups in total. The SMILES string of the molecule is CCOc1cc(Cl)c(S(C)(=O)=O)cc1C1=NC(C)(c2ccc(Cl)cc2)C(C)(c2ccc(Cl)cc2)N1C(=O)N1CCC(CC(=O)N(CCOC)CCOC)CC1. The normalized spacial score (nSPS) is 20.4. The van der Waals surface area contributed by atoms with Crippen LogP contribution in [0.15, 0.2) is 70.6 Å². The lowest BCUT2D eigenvalue weighted by Crippen LogP contribution is -2.59. The van der Waals surface area contributed by atoms with E-state index in [0.29, 0.717) is 74.3 Å². The van der Waals surface area contributed by atoms with Crippen LogP contribution in [0.25, 0.3) is 0 Å². The van der Waals surface area contributed by atoms with Gasteiger partial charge in [-0.15, -0.1) is 0 Å². The molecule has 2 heterocycles. The molecule has 3 amide bonds. The molecule has 3 aromatic rings. The number of sulfone groups is 1. The molecule has 0 saturated carbocycles. The number of aliphatic imine (C=N–C) groups is 1. The van der Waals surface area contributed by atoms with Gasteiger partial charge >= 0.3 is 6.03 Å². The molecule has 1 fully saturated rings. The summed E-state index contributed by atoms with van der Waals surface area (Å²) in [6.07, 6.45) is 2.64. The van der Waals surface area contributed by atoms with Gasteiger partial charge in [-0.25, -0.2) is 13.2 Å². The van der Waals surface area contributed by atoms with E-state index in [1.165, 1.54) is 12.1 Å². The summed E-state index contributed by atoms with van der Waals surface area (Å²) in [6.45, 7) is 8.51. The van der Waals surface area contributed by atoms with Crippen molar-refractivity contribution >= 4 is 62.4 Å². The van der Waals surface area contributed by atoms with Crippen LogP contribution in [0.5, 0.6) is 5.75 Å². The Morgan fingerprint density at radius 1 is 0.891 bits per heavy atom. The number of methoxy groups -OCH3 is 2. The highest BCUT2D eigenvalue weighted by atomic mass is 35.5. The van der Waals surface area contributed by atoms with Crippen molar-refractivity contribution in [1.29, 1.82) is 0 Å². The van der Waals surface area contributed by atoms with Crippen LogP contribution < -0.4 is 4.74 Å². The molecule has 0 bridgehead atoms. The second kappa shape index (κ2) is 17.8. The Morgan fingerprint density at radius 2 is 1.44 bits per heavy atom. The largest absolute Gasteiger partial charge is 0.493 e. The van der Waals surface area contributed by atoms with Gasteiger partial charge in [-0.3, -0.25) is 14.7 Å². The number of ether oxygens (including phenoxy) is 3. The molecule has 0 aliphatic carbocycles. The average Bonchev–Trinajstić information content (AvgIpc) is 3.39. The van der Waals surface area contributed by atoms with Crippen LogP contribution in [0.3, 0.4) is 0 Å². The molecule has 55 heavy (non-hydrogen) atoms. The molecular formula is C40H49Cl3N4O7S. The van der Waals surface area contributed by atoms with Crippen molar-refractivity contribution in [2.24, 2.45) is 10.9 Å². The Kier molecular flexibility index (Phi) is 13.8. The second-order valence-corrected chi connectivity index (χ2v) is 17.5. The maximum absolute atomic E-state index is 15.3. The first-order valence-electron chi connectivity index (χ1n) is 18.2. The van der Waals surface area contributed by atoms with Crippen LogP contribution in [0.1, 0.15) is 56.7 Å². The third-order valence-electron chi connectivity index (χ3n) is 10.7. The van der Waals surface area contributed by atoms with Gasteiger partial charge in [-0.05, 0) is 81.0 Å². The van der Waals surface area contributed by atoms with Crippen LogP contribution in [0, 0.1) is 5.92 Å². The first-order valence-corrected chi connectivity index (χ1v) is 21.2. The van der Waals surface area contributed by atoms with Crippen molar-refractivity contribution < 1.29 is 32.2 Å². The quantitative estimate of drug-likeness (QED) is 0.164. The van der Waals surface area contributed by atoms with Crippen molar-refractivity contribution in [3.05, 3.63) is 92.4 Å². The third kappa shape index (κ3) is 8.95. The van der Waals surface area contributed by atoms with Gasteiger partial charge in [0.2, 0.25) is 5.91 Å². The molecule has 1 saturated heterocycles.